The van der Waals surface area contributed by atoms with Crippen molar-refractivity contribution in [2.45, 2.75) is 13.5 Å². The lowest BCUT2D eigenvalue weighted by molar-refractivity contribution is -0.116. The minimum atomic E-state index is -0.144. The first-order valence-corrected chi connectivity index (χ1v) is 5.57. The number of nitrogens with zero attached hydrogens (tertiary/aromatic N) is 1. The third-order valence-corrected chi connectivity index (χ3v) is 3.00. The molecule has 3 heteroatoms. The summed E-state index contributed by atoms with van der Waals surface area (Å²) < 4.78 is 2.15. The minimum absolute atomic E-state index is 0.144. The number of carbonyl (C=O) groups is 1. The Labute approximate surface area is 101 Å². The lowest BCUT2D eigenvalue weighted by Gasteiger charge is -2.03. The first kappa shape index (κ1) is 11.5. The molecular formula is C14H16N2O. The van der Waals surface area contributed by atoms with Gasteiger partial charge in [-0.3, -0.25) is 4.79 Å². The van der Waals surface area contributed by atoms with Crippen molar-refractivity contribution in [3.8, 4) is 0 Å². The molecule has 0 unspecified atom stereocenters. The van der Waals surface area contributed by atoms with Gasteiger partial charge in [0.15, 0.2) is 0 Å². The van der Waals surface area contributed by atoms with E-state index in [4.69, 9.17) is 0 Å². The number of amides is 1. The zero-order valence-corrected chi connectivity index (χ0v) is 10.2. The van der Waals surface area contributed by atoms with Crippen molar-refractivity contribution in [2.75, 3.05) is 0 Å². The second-order valence-electron chi connectivity index (χ2n) is 4.16. The minimum Gasteiger partial charge on any atom is -0.348 e. The number of benzene rings is 1. The molecule has 17 heavy (non-hydrogen) atoms. The third-order valence-electron chi connectivity index (χ3n) is 3.00. The zero-order chi connectivity index (χ0) is 12.4. The number of fused-ring (bicyclic) bond motifs is 1. The van der Waals surface area contributed by atoms with Gasteiger partial charge in [-0.1, -0.05) is 12.6 Å². The molecule has 0 atom stereocenters. The number of aromatic nitrogens is 1. The second-order valence-corrected chi connectivity index (χ2v) is 4.16. The number of aryl methyl sites for hydroxylation is 2. The molecule has 0 saturated heterocycles. The van der Waals surface area contributed by atoms with Crippen LogP contribution >= 0.6 is 0 Å². The maximum absolute atomic E-state index is 11.1. The number of nitrogens with one attached hydrogen (secondary N) is 1. The Balaban J connectivity index is 2.26. The standard InChI is InChI=1S/C14H16N2O/c1-4-14(17)15-9-11-5-6-13-12(8-11)7-10(2)16(13)3/h4-8H,1,9H2,2-3H3,(H,15,17). The van der Waals surface area contributed by atoms with Crippen molar-refractivity contribution in [3.63, 3.8) is 0 Å². The van der Waals surface area contributed by atoms with E-state index in [1.165, 1.54) is 22.7 Å². The second kappa shape index (κ2) is 4.45. The van der Waals surface area contributed by atoms with E-state index in [1.807, 2.05) is 6.07 Å². The normalized spacial score (nSPS) is 10.5. The predicted octanol–water partition coefficient (Wildman–Crippen LogP) is 2.29. The number of hydrogen-bond donors (Lipinski definition) is 1. The lowest BCUT2D eigenvalue weighted by Crippen LogP contribution is -2.19. The van der Waals surface area contributed by atoms with E-state index >= 15 is 0 Å². The van der Waals surface area contributed by atoms with Gasteiger partial charge in [0.25, 0.3) is 0 Å². The monoisotopic (exact) mass is 228 g/mol. The van der Waals surface area contributed by atoms with Gasteiger partial charge < -0.3 is 9.88 Å². The molecule has 1 amide bonds. The largest absolute Gasteiger partial charge is 0.348 e. The average molecular weight is 228 g/mol. The first-order chi connectivity index (χ1) is 8.11. The Kier molecular flexibility index (Phi) is 3.00. The van der Waals surface area contributed by atoms with Gasteiger partial charge in [-0.05, 0) is 36.8 Å². The highest BCUT2D eigenvalue weighted by Gasteiger charge is 2.03. The molecule has 0 aliphatic rings. The van der Waals surface area contributed by atoms with E-state index < -0.39 is 0 Å². The van der Waals surface area contributed by atoms with E-state index in [2.05, 4.69) is 48.6 Å². The Morgan fingerprint density at radius 1 is 1.47 bits per heavy atom. The van der Waals surface area contributed by atoms with Gasteiger partial charge in [0.05, 0.1) is 0 Å². The molecule has 2 rings (SSSR count). The summed E-state index contributed by atoms with van der Waals surface area (Å²) in [6.07, 6.45) is 1.28. The van der Waals surface area contributed by atoms with Crippen LogP contribution in [0.25, 0.3) is 10.9 Å². The van der Waals surface area contributed by atoms with Crippen LogP contribution < -0.4 is 5.32 Å². The molecule has 0 spiro atoms. The van der Waals surface area contributed by atoms with E-state index in [-0.39, 0.29) is 5.91 Å². The maximum atomic E-state index is 11.1. The number of rotatable bonds is 3. The molecular weight excluding hydrogens is 212 g/mol. The molecule has 0 aliphatic heterocycles. The van der Waals surface area contributed by atoms with Crippen molar-refractivity contribution < 1.29 is 4.79 Å². The van der Waals surface area contributed by atoms with Crippen molar-refractivity contribution in [1.29, 1.82) is 0 Å². The first-order valence-electron chi connectivity index (χ1n) is 5.57. The summed E-state index contributed by atoms with van der Waals surface area (Å²) in [5.74, 6) is -0.144. The van der Waals surface area contributed by atoms with E-state index in [0.717, 1.165) is 5.56 Å². The molecule has 0 saturated carbocycles. The molecule has 0 fully saturated rings. The quantitative estimate of drug-likeness (QED) is 0.803. The van der Waals surface area contributed by atoms with Crippen LogP contribution in [0.5, 0.6) is 0 Å². The molecule has 0 bridgehead atoms. The van der Waals surface area contributed by atoms with Gasteiger partial charge in [0.2, 0.25) is 5.91 Å². The Bertz CT molecular complexity index is 581. The summed E-state index contributed by atoms with van der Waals surface area (Å²) in [7, 11) is 2.05. The number of carbonyl (C=O) groups excluding carboxylic acids is 1. The van der Waals surface area contributed by atoms with E-state index in [0.29, 0.717) is 6.54 Å². The van der Waals surface area contributed by atoms with Gasteiger partial charge in [0, 0.05) is 30.2 Å². The van der Waals surface area contributed by atoms with Crippen LogP contribution in [-0.2, 0) is 18.4 Å². The van der Waals surface area contributed by atoms with Gasteiger partial charge in [-0.15, -0.1) is 0 Å². The van der Waals surface area contributed by atoms with E-state index in [1.54, 1.807) is 0 Å². The highest BCUT2D eigenvalue weighted by molar-refractivity contribution is 5.87. The van der Waals surface area contributed by atoms with Crippen molar-refractivity contribution in [2.24, 2.45) is 7.05 Å². The van der Waals surface area contributed by atoms with Crippen LogP contribution in [0.4, 0.5) is 0 Å². The molecule has 3 nitrogen and oxygen atoms in total. The smallest absolute Gasteiger partial charge is 0.243 e. The molecule has 1 heterocycles. The summed E-state index contributed by atoms with van der Waals surface area (Å²) in [4.78, 5) is 11.1. The van der Waals surface area contributed by atoms with Gasteiger partial charge >= 0.3 is 0 Å². The van der Waals surface area contributed by atoms with Gasteiger partial charge in [-0.25, -0.2) is 0 Å². The molecule has 1 aromatic carbocycles. The fourth-order valence-electron chi connectivity index (χ4n) is 1.91. The SMILES string of the molecule is C=CC(=O)NCc1ccc2c(c1)cc(C)n2C. The third kappa shape index (κ3) is 2.23. The zero-order valence-electron chi connectivity index (χ0n) is 10.2. The highest BCUT2D eigenvalue weighted by Crippen LogP contribution is 2.19. The molecule has 88 valence electrons. The highest BCUT2D eigenvalue weighted by atomic mass is 16.1. The topological polar surface area (TPSA) is 34.0 Å². The Morgan fingerprint density at radius 2 is 2.24 bits per heavy atom. The van der Waals surface area contributed by atoms with Crippen molar-refractivity contribution >= 4 is 16.8 Å². The van der Waals surface area contributed by atoms with Gasteiger partial charge in [0.1, 0.15) is 0 Å². The van der Waals surface area contributed by atoms with Crippen LogP contribution in [0.1, 0.15) is 11.3 Å². The van der Waals surface area contributed by atoms with Crippen LogP contribution in [0.2, 0.25) is 0 Å². The summed E-state index contributed by atoms with van der Waals surface area (Å²) in [5, 5.41) is 3.97. The lowest BCUT2D eigenvalue weighted by atomic mass is 10.1. The maximum Gasteiger partial charge on any atom is 0.243 e. The van der Waals surface area contributed by atoms with Gasteiger partial charge in [-0.2, -0.15) is 0 Å². The average Bonchev–Trinajstić information content (AvgIpc) is 2.62. The Morgan fingerprint density at radius 3 is 2.94 bits per heavy atom. The summed E-state index contributed by atoms with van der Waals surface area (Å²) in [6, 6.07) is 8.36. The van der Waals surface area contributed by atoms with E-state index in [9.17, 15) is 4.79 Å². The predicted molar refractivity (Wildman–Crippen MR) is 69.7 cm³/mol. The summed E-state index contributed by atoms with van der Waals surface area (Å²) >= 11 is 0. The van der Waals surface area contributed by atoms with Crippen LogP contribution in [-0.4, -0.2) is 10.5 Å². The van der Waals surface area contributed by atoms with Crippen molar-refractivity contribution in [1.82, 2.24) is 9.88 Å². The fourth-order valence-corrected chi connectivity index (χ4v) is 1.91. The van der Waals surface area contributed by atoms with Crippen molar-refractivity contribution in [3.05, 3.63) is 48.2 Å². The molecule has 2 aromatic rings. The molecule has 0 aliphatic carbocycles. The molecule has 1 N–H and O–H groups in total. The molecule has 0 radical (unpaired) electrons. The van der Waals surface area contributed by atoms with Crippen LogP contribution in [0.3, 0.4) is 0 Å². The van der Waals surface area contributed by atoms with Crippen LogP contribution in [0.15, 0.2) is 36.9 Å². The number of hydrogen-bond acceptors (Lipinski definition) is 1. The fraction of sp³-hybridized carbons (Fsp3) is 0.214. The molecule has 1 aromatic heterocycles. The summed E-state index contributed by atoms with van der Waals surface area (Å²) in [6.45, 7) is 6.04. The summed E-state index contributed by atoms with van der Waals surface area (Å²) in [5.41, 5.74) is 3.53. The Hall–Kier alpha value is -2.03. The van der Waals surface area contributed by atoms with Crippen LogP contribution in [0, 0.1) is 6.92 Å².